The zero-order chi connectivity index (χ0) is 17.8. The van der Waals surface area contributed by atoms with Crippen LogP contribution < -0.4 is 15.0 Å². The molecule has 1 saturated heterocycles. The Kier molecular flexibility index (Phi) is 4.97. The molecular formula is C19H19FN2O3. The molecule has 0 saturated carbocycles. The number of carbonyl (C=O) groups is 2. The maximum Gasteiger partial charge on any atom is 0.229 e. The molecule has 1 N–H and O–H groups in total. The van der Waals surface area contributed by atoms with E-state index in [1.807, 2.05) is 19.1 Å². The summed E-state index contributed by atoms with van der Waals surface area (Å²) in [5.74, 6) is -0.732. The second-order valence-electron chi connectivity index (χ2n) is 5.81. The largest absolute Gasteiger partial charge is 0.492 e. The van der Waals surface area contributed by atoms with E-state index in [0.717, 1.165) is 0 Å². The lowest BCUT2D eigenvalue weighted by molar-refractivity contribution is -0.122. The van der Waals surface area contributed by atoms with E-state index in [9.17, 15) is 14.0 Å². The van der Waals surface area contributed by atoms with Gasteiger partial charge in [0.2, 0.25) is 11.8 Å². The van der Waals surface area contributed by atoms with Crippen molar-refractivity contribution in [2.24, 2.45) is 5.92 Å². The van der Waals surface area contributed by atoms with Gasteiger partial charge in [-0.1, -0.05) is 18.2 Å². The summed E-state index contributed by atoms with van der Waals surface area (Å²) in [6, 6.07) is 12.9. The Morgan fingerprint density at radius 1 is 1.28 bits per heavy atom. The van der Waals surface area contributed by atoms with E-state index in [1.165, 1.54) is 18.2 Å². The van der Waals surface area contributed by atoms with Gasteiger partial charge >= 0.3 is 0 Å². The SMILES string of the molecule is CCOc1ccccc1N1C[C@@H](C(=O)Nc2cccc(F)c2)CC1=O. The molecule has 0 spiro atoms. The number of halogens is 1. The monoisotopic (exact) mass is 342 g/mol. The Balaban J connectivity index is 1.73. The molecule has 1 atom stereocenters. The topological polar surface area (TPSA) is 58.6 Å². The minimum Gasteiger partial charge on any atom is -0.492 e. The van der Waals surface area contributed by atoms with Crippen molar-refractivity contribution in [3.05, 3.63) is 54.3 Å². The maximum absolute atomic E-state index is 13.2. The summed E-state index contributed by atoms with van der Waals surface area (Å²) in [5, 5.41) is 2.67. The summed E-state index contributed by atoms with van der Waals surface area (Å²) in [7, 11) is 0. The summed E-state index contributed by atoms with van der Waals surface area (Å²) in [6.07, 6.45) is 0.113. The molecule has 0 radical (unpaired) electrons. The van der Waals surface area contributed by atoms with Crippen LogP contribution >= 0.6 is 0 Å². The van der Waals surface area contributed by atoms with Crippen molar-refractivity contribution in [1.82, 2.24) is 0 Å². The Morgan fingerprint density at radius 2 is 2.08 bits per heavy atom. The normalized spacial score (nSPS) is 16.8. The number of hydrogen-bond donors (Lipinski definition) is 1. The molecule has 2 aromatic rings. The van der Waals surface area contributed by atoms with Crippen molar-refractivity contribution in [3.63, 3.8) is 0 Å². The van der Waals surface area contributed by atoms with E-state index in [4.69, 9.17) is 4.74 Å². The minimum atomic E-state index is -0.495. The number of benzene rings is 2. The van der Waals surface area contributed by atoms with Gasteiger partial charge in [-0.25, -0.2) is 4.39 Å². The van der Waals surface area contributed by atoms with Gasteiger partial charge in [0.15, 0.2) is 0 Å². The van der Waals surface area contributed by atoms with Crippen molar-refractivity contribution < 1.29 is 18.7 Å². The molecule has 2 aromatic carbocycles. The average molecular weight is 342 g/mol. The molecule has 2 amide bonds. The van der Waals surface area contributed by atoms with Crippen molar-refractivity contribution >= 4 is 23.2 Å². The fourth-order valence-electron chi connectivity index (χ4n) is 2.88. The molecule has 3 rings (SSSR count). The van der Waals surface area contributed by atoms with E-state index in [-0.39, 0.29) is 24.8 Å². The minimum absolute atomic E-state index is 0.113. The van der Waals surface area contributed by atoms with Gasteiger partial charge in [-0.2, -0.15) is 0 Å². The van der Waals surface area contributed by atoms with Crippen LogP contribution in [-0.4, -0.2) is 25.0 Å². The smallest absolute Gasteiger partial charge is 0.229 e. The number of nitrogens with zero attached hydrogens (tertiary/aromatic N) is 1. The number of nitrogens with one attached hydrogen (secondary N) is 1. The summed E-state index contributed by atoms with van der Waals surface area (Å²) < 4.78 is 18.8. The third kappa shape index (κ3) is 3.79. The van der Waals surface area contributed by atoms with Crippen molar-refractivity contribution in [2.75, 3.05) is 23.4 Å². The highest BCUT2D eigenvalue weighted by Gasteiger charge is 2.36. The standard InChI is InChI=1S/C19H19FN2O3/c1-2-25-17-9-4-3-8-16(17)22-12-13(10-18(22)23)19(24)21-15-7-5-6-14(20)11-15/h3-9,11,13H,2,10,12H2,1H3,(H,21,24)/t13-/m0/s1. The van der Waals surface area contributed by atoms with Crippen LogP contribution in [0.1, 0.15) is 13.3 Å². The van der Waals surface area contributed by atoms with E-state index >= 15 is 0 Å². The number of ether oxygens (including phenoxy) is 1. The van der Waals surface area contributed by atoms with Gasteiger partial charge in [0, 0.05) is 18.7 Å². The van der Waals surface area contributed by atoms with Crippen LogP contribution in [0.5, 0.6) is 5.75 Å². The van der Waals surface area contributed by atoms with Crippen LogP contribution in [-0.2, 0) is 9.59 Å². The predicted octanol–water partition coefficient (Wildman–Crippen LogP) is 3.22. The molecule has 1 aliphatic heterocycles. The summed E-state index contributed by atoms with van der Waals surface area (Å²) >= 11 is 0. The van der Waals surface area contributed by atoms with Gasteiger partial charge in [-0.05, 0) is 37.3 Å². The highest BCUT2D eigenvalue weighted by atomic mass is 19.1. The Labute approximate surface area is 145 Å². The molecule has 0 bridgehead atoms. The highest BCUT2D eigenvalue weighted by Crippen LogP contribution is 2.33. The van der Waals surface area contributed by atoms with Crippen LogP contribution in [0.4, 0.5) is 15.8 Å². The molecule has 130 valence electrons. The first kappa shape index (κ1) is 17.0. The second-order valence-corrected chi connectivity index (χ2v) is 5.81. The van der Waals surface area contributed by atoms with Gasteiger partial charge in [0.25, 0.3) is 0 Å². The third-order valence-corrected chi connectivity index (χ3v) is 4.04. The molecule has 25 heavy (non-hydrogen) atoms. The van der Waals surface area contributed by atoms with Gasteiger partial charge in [0.1, 0.15) is 11.6 Å². The molecule has 1 heterocycles. The number of carbonyl (C=O) groups excluding carboxylic acids is 2. The van der Waals surface area contributed by atoms with Gasteiger partial charge in [-0.15, -0.1) is 0 Å². The lowest BCUT2D eigenvalue weighted by atomic mass is 10.1. The predicted molar refractivity (Wildman–Crippen MR) is 93.1 cm³/mol. The number of amides is 2. The molecule has 0 aliphatic carbocycles. The van der Waals surface area contributed by atoms with Gasteiger partial charge < -0.3 is 15.0 Å². The van der Waals surface area contributed by atoms with Crippen molar-refractivity contribution in [2.45, 2.75) is 13.3 Å². The first-order valence-electron chi connectivity index (χ1n) is 8.17. The average Bonchev–Trinajstić information content (AvgIpc) is 2.97. The quantitative estimate of drug-likeness (QED) is 0.908. The molecule has 1 aliphatic rings. The van der Waals surface area contributed by atoms with Crippen LogP contribution in [0, 0.1) is 11.7 Å². The van der Waals surface area contributed by atoms with Crippen LogP contribution in [0.15, 0.2) is 48.5 Å². The van der Waals surface area contributed by atoms with Crippen LogP contribution in [0.2, 0.25) is 0 Å². The summed E-state index contributed by atoms with van der Waals surface area (Å²) in [5.41, 5.74) is 1.04. The molecule has 5 nitrogen and oxygen atoms in total. The van der Waals surface area contributed by atoms with Crippen LogP contribution in [0.25, 0.3) is 0 Å². The lowest BCUT2D eigenvalue weighted by Crippen LogP contribution is -2.28. The van der Waals surface area contributed by atoms with Crippen LogP contribution in [0.3, 0.4) is 0 Å². The third-order valence-electron chi connectivity index (χ3n) is 4.04. The number of para-hydroxylation sites is 2. The highest BCUT2D eigenvalue weighted by molar-refractivity contribution is 6.04. The van der Waals surface area contributed by atoms with Gasteiger partial charge in [0.05, 0.1) is 18.2 Å². The Hall–Kier alpha value is -2.89. The number of hydrogen-bond acceptors (Lipinski definition) is 3. The fourth-order valence-corrected chi connectivity index (χ4v) is 2.88. The zero-order valence-electron chi connectivity index (χ0n) is 13.9. The fraction of sp³-hybridized carbons (Fsp3) is 0.263. The van der Waals surface area contributed by atoms with E-state index in [0.29, 0.717) is 23.7 Å². The summed E-state index contributed by atoms with van der Waals surface area (Å²) in [6.45, 7) is 2.63. The van der Waals surface area contributed by atoms with E-state index in [2.05, 4.69) is 5.32 Å². The second kappa shape index (κ2) is 7.34. The lowest BCUT2D eigenvalue weighted by Gasteiger charge is -2.20. The Morgan fingerprint density at radius 3 is 2.84 bits per heavy atom. The first-order valence-corrected chi connectivity index (χ1v) is 8.17. The molecular weight excluding hydrogens is 323 g/mol. The zero-order valence-corrected chi connectivity index (χ0v) is 13.9. The van der Waals surface area contributed by atoms with Gasteiger partial charge in [-0.3, -0.25) is 9.59 Å². The summed E-state index contributed by atoms with van der Waals surface area (Å²) in [4.78, 5) is 26.4. The van der Waals surface area contributed by atoms with E-state index in [1.54, 1.807) is 23.1 Å². The van der Waals surface area contributed by atoms with Crippen molar-refractivity contribution in [1.29, 1.82) is 0 Å². The molecule has 1 fully saturated rings. The molecule has 0 unspecified atom stereocenters. The molecule has 6 heteroatoms. The van der Waals surface area contributed by atoms with Crippen molar-refractivity contribution in [3.8, 4) is 5.75 Å². The Bertz CT molecular complexity index is 794. The number of anilines is 2. The maximum atomic E-state index is 13.2. The molecule has 0 aromatic heterocycles. The van der Waals surface area contributed by atoms with E-state index < -0.39 is 11.7 Å². The number of rotatable bonds is 5. The first-order chi connectivity index (χ1) is 12.1.